The topological polar surface area (TPSA) is 58.4 Å². The van der Waals surface area contributed by atoms with E-state index in [1.807, 2.05) is 31.2 Å². The van der Waals surface area contributed by atoms with Crippen LogP contribution in [-0.2, 0) is 5.75 Å². The lowest BCUT2D eigenvalue weighted by Crippen LogP contribution is -2.40. The van der Waals surface area contributed by atoms with E-state index in [2.05, 4.69) is 55.3 Å². The Kier molecular flexibility index (Phi) is 8.69. The second-order valence-electron chi connectivity index (χ2n) is 10.0. The highest BCUT2D eigenvalue weighted by molar-refractivity contribution is 7.98. The van der Waals surface area contributed by atoms with Gasteiger partial charge in [0.2, 0.25) is 5.89 Å². The zero-order valence-electron chi connectivity index (χ0n) is 21.3. The van der Waals surface area contributed by atoms with Gasteiger partial charge in [-0.1, -0.05) is 31.5 Å². The van der Waals surface area contributed by atoms with Gasteiger partial charge in [0.05, 0.1) is 5.69 Å². The lowest BCUT2D eigenvalue weighted by molar-refractivity contribution is 0.0947. The molecule has 1 N–H and O–H groups in total. The zero-order valence-corrected chi connectivity index (χ0v) is 22.2. The van der Waals surface area contributed by atoms with Crippen molar-refractivity contribution in [2.45, 2.75) is 51.2 Å². The lowest BCUT2D eigenvalue weighted by atomic mass is 9.92. The second-order valence-corrected chi connectivity index (χ2v) is 11.1. The van der Waals surface area contributed by atoms with Gasteiger partial charge in [0.1, 0.15) is 5.76 Å². The summed E-state index contributed by atoms with van der Waals surface area (Å²) in [6.07, 6.45) is 2.30. The minimum Gasteiger partial charge on any atom is -0.441 e. The number of thioether (sulfide) groups is 1. The molecule has 0 aliphatic carbocycles. The van der Waals surface area contributed by atoms with Gasteiger partial charge in [-0.2, -0.15) is 0 Å². The van der Waals surface area contributed by atoms with Gasteiger partial charge in [-0.25, -0.2) is 4.98 Å². The number of rotatable bonds is 9. The van der Waals surface area contributed by atoms with Gasteiger partial charge < -0.3 is 14.6 Å². The van der Waals surface area contributed by atoms with Crippen molar-refractivity contribution in [2.75, 3.05) is 26.2 Å². The molecule has 0 radical (unpaired) electrons. The average molecular weight is 492 g/mol. The highest BCUT2D eigenvalue weighted by Gasteiger charge is 2.21. The van der Waals surface area contributed by atoms with Crippen molar-refractivity contribution in [1.82, 2.24) is 15.2 Å². The molecule has 1 aromatic heterocycles. The Bertz CT molecular complexity index is 1100. The van der Waals surface area contributed by atoms with Crippen LogP contribution in [0.1, 0.15) is 54.1 Å². The Labute approximate surface area is 213 Å². The number of likely N-dealkylation sites (tertiary alicyclic amines) is 1. The monoisotopic (exact) mass is 491 g/mol. The van der Waals surface area contributed by atoms with E-state index in [0.717, 1.165) is 47.6 Å². The van der Waals surface area contributed by atoms with Crippen molar-refractivity contribution >= 4 is 17.7 Å². The molecule has 3 aromatic rings. The van der Waals surface area contributed by atoms with E-state index in [1.165, 1.54) is 30.0 Å². The molecule has 0 saturated carbocycles. The fraction of sp³-hybridized carbons (Fsp3) is 0.448. The van der Waals surface area contributed by atoms with Crippen LogP contribution in [0.15, 0.2) is 57.8 Å². The summed E-state index contributed by atoms with van der Waals surface area (Å²) in [5.74, 6) is 3.69. The van der Waals surface area contributed by atoms with Crippen molar-refractivity contribution in [3.05, 3.63) is 71.1 Å². The molecule has 186 valence electrons. The SMILES string of the molecule is Cc1ccc(SCc2nc(-c3ccc(C(=O)NCCCN4C[C@@H](C)C[C@H](C)C4)cc3)oc2C)cc1. The number of nitrogens with one attached hydrogen (secondary N) is 1. The summed E-state index contributed by atoms with van der Waals surface area (Å²) in [5.41, 5.74) is 3.75. The fourth-order valence-corrected chi connectivity index (χ4v) is 5.72. The molecule has 0 bridgehead atoms. The van der Waals surface area contributed by atoms with Gasteiger partial charge in [0, 0.05) is 41.4 Å². The Morgan fingerprint density at radius 3 is 2.43 bits per heavy atom. The molecule has 35 heavy (non-hydrogen) atoms. The number of nitrogens with zero attached hydrogens (tertiary/aromatic N) is 2. The van der Waals surface area contributed by atoms with Crippen LogP contribution in [-0.4, -0.2) is 42.0 Å². The van der Waals surface area contributed by atoms with Crippen LogP contribution in [0.5, 0.6) is 0 Å². The number of benzene rings is 2. The number of carbonyl (C=O) groups is 1. The van der Waals surface area contributed by atoms with Crippen LogP contribution in [0, 0.1) is 25.7 Å². The quantitative estimate of drug-likeness (QED) is 0.279. The Morgan fingerprint density at radius 1 is 1.06 bits per heavy atom. The number of amides is 1. The molecule has 2 atom stereocenters. The van der Waals surface area contributed by atoms with Gasteiger partial charge in [0.15, 0.2) is 0 Å². The number of hydrogen-bond acceptors (Lipinski definition) is 5. The summed E-state index contributed by atoms with van der Waals surface area (Å²) in [7, 11) is 0. The molecule has 1 fully saturated rings. The third-order valence-corrected chi connectivity index (χ3v) is 7.59. The molecule has 1 amide bonds. The van der Waals surface area contributed by atoms with Crippen molar-refractivity contribution in [1.29, 1.82) is 0 Å². The number of aromatic nitrogens is 1. The Morgan fingerprint density at radius 2 is 1.74 bits per heavy atom. The molecule has 5 nitrogen and oxygen atoms in total. The maximum absolute atomic E-state index is 12.6. The first-order valence-electron chi connectivity index (χ1n) is 12.6. The Balaban J connectivity index is 1.26. The lowest BCUT2D eigenvalue weighted by Gasteiger charge is -2.34. The molecular formula is C29H37N3O2S. The third kappa shape index (κ3) is 7.21. The van der Waals surface area contributed by atoms with E-state index in [9.17, 15) is 4.79 Å². The van der Waals surface area contributed by atoms with Crippen LogP contribution < -0.4 is 5.32 Å². The van der Waals surface area contributed by atoms with Crippen LogP contribution in [0.3, 0.4) is 0 Å². The van der Waals surface area contributed by atoms with Gasteiger partial charge in [-0.05, 0) is 81.5 Å². The van der Waals surface area contributed by atoms with E-state index in [4.69, 9.17) is 9.40 Å². The molecule has 2 heterocycles. The molecule has 0 spiro atoms. The zero-order chi connectivity index (χ0) is 24.8. The molecule has 4 rings (SSSR count). The smallest absolute Gasteiger partial charge is 0.251 e. The van der Waals surface area contributed by atoms with Crippen molar-refractivity contribution in [3.8, 4) is 11.5 Å². The predicted molar refractivity (Wildman–Crippen MR) is 144 cm³/mol. The molecule has 6 heteroatoms. The summed E-state index contributed by atoms with van der Waals surface area (Å²) in [6, 6.07) is 16.0. The maximum Gasteiger partial charge on any atom is 0.251 e. The van der Waals surface area contributed by atoms with Crippen LogP contribution in [0.25, 0.3) is 11.5 Å². The highest BCUT2D eigenvalue weighted by Crippen LogP contribution is 2.28. The highest BCUT2D eigenvalue weighted by atomic mass is 32.2. The van der Waals surface area contributed by atoms with Crippen molar-refractivity contribution in [2.24, 2.45) is 11.8 Å². The van der Waals surface area contributed by atoms with Crippen LogP contribution in [0.4, 0.5) is 0 Å². The van der Waals surface area contributed by atoms with Gasteiger partial charge in [-0.15, -0.1) is 11.8 Å². The predicted octanol–water partition coefficient (Wildman–Crippen LogP) is 6.35. The molecule has 1 aliphatic rings. The summed E-state index contributed by atoms with van der Waals surface area (Å²) < 4.78 is 5.93. The largest absolute Gasteiger partial charge is 0.441 e. The average Bonchev–Trinajstić information content (AvgIpc) is 3.21. The molecule has 1 saturated heterocycles. The molecular weight excluding hydrogens is 454 g/mol. The molecule has 2 aromatic carbocycles. The Hall–Kier alpha value is -2.57. The summed E-state index contributed by atoms with van der Waals surface area (Å²) in [6.45, 7) is 12.8. The number of oxazole rings is 1. The van der Waals surface area contributed by atoms with E-state index in [0.29, 0.717) is 18.0 Å². The minimum atomic E-state index is -0.0318. The first kappa shape index (κ1) is 25.5. The molecule has 0 unspecified atom stereocenters. The first-order chi connectivity index (χ1) is 16.9. The number of piperidine rings is 1. The van der Waals surface area contributed by atoms with Crippen molar-refractivity contribution in [3.63, 3.8) is 0 Å². The third-order valence-electron chi connectivity index (χ3n) is 6.56. The van der Waals surface area contributed by atoms with E-state index >= 15 is 0 Å². The molecule has 1 aliphatic heterocycles. The van der Waals surface area contributed by atoms with E-state index < -0.39 is 0 Å². The normalized spacial score (nSPS) is 18.5. The summed E-state index contributed by atoms with van der Waals surface area (Å²) in [5, 5.41) is 3.06. The standard InChI is InChI=1S/C29H37N3O2S/c1-20-6-12-26(13-7-20)35-19-27-23(4)34-29(31-27)25-10-8-24(9-11-25)28(33)30-14-5-15-32-17-21(2)16-22(3)18-32/h6-13,21-22H,5,14-19H2,1-4H3,(H,30,33)/t21-,22-/m0/s1. The first-order valence-corrected chi connectivity index (χ1v) is 13.6. The number of hydrogen-bond donors (Lipinski definition) is 1. The van der Waals surface area contributed by atoms with E-state index in [-0.39, 0.29) is 5.91 Å². The minimum absolute atomic E-state index is 0.0318. The number of carbonyl (C=O) groups excluding carboxylic acids is 1. The summed E-state index contributed by atoms with van der Waals surface area (Å²) in [4.78, 5) is 21.0. The van der Waals surface area contributed by atoms with Crippen LogP contribution in [0.2, 0.25) is 0 Å². The van der Waals surface area contributed by atoms with Gasteiger partial charge in [0.25, 0.3) is 5.91 Å². The summed E-state index contributed by atoms with van der Waals surface area (Å²) >= 11 is 1.75. The van der Waals surface area contributed by atoms with Gasteiger partial charge >= 0.3 is 0 Å². The fourth-order valence-electron chi connectivity index (χ4n) is 4.82. The van der Waals surface area contributed by atoms with E-state index in [1.54, 1.807) is 11.8 Å². The number of aryl methyl sites for hydroxylation is 2. The maximum atomic E-state index is 12.6. The second kappa shape index (κ2) is 11.9. The van der Waals surface area contributed by atoms with Gasteiger partial charge in [-0.3, -0.25) is 4.79 Å². The van der Waals surface area contributed by atoms with Crippen molar-refractivity contribution < 1.29 is 9.21 Å². The van der Waals surface area contributed by atoms with Crippen LogP contribution >= 0.6 is 11.8 Å².